The topological polar surface area (TPSA) is 52.0 Å². The maximum atomic E-state index is 5.43. The summed E-state index contributed by atoms with van der Waals surface area (Å²) in [5.41, 5.74) is 6.90. The molecule has 0 aliphatic rings. The van der Waals surface area contributed by atoms with Gasteiger partial charge in [-0.1, -0.05) is 0 Å². The zero-order valence-electron chi connectivity index (χ0n) is 6.25. The minimum atomic E-state index is 0.439. The van der Waals surface area contributed by atoms with E-state index in [1.165, 1.54) is 0 Å². The van der Waals surface area contributed by atoms with E-state index in [1.54, 1.807) is 6.26 Å². The van der Waals surface area contributed by atoms with Crippen LogP contribution in [0.1, 0.15) is 5.69 Å². The summed E-state index contributed by atoms with van der Waals surface area (Å²) in [7, 11) is 0. The average Bonchev–Trinajstić information content (AvgIpc) is 2.47. The normalized spacial score (nSPS) is 10.8. The van der Waals surface area contributed by atoms with Crippen molar-refractivity contribution in [3.8, 4) is 0 Å². The summed E-state index contributed by atoms with van der Waals surface area (Å²) in [6.45, 7) is 0.439. The number of hydrogen-bond acceptors (Lipinski definition) is 3. The lowest BCUT2D eigenvalue weighted by Crippen LogP contribution is -1.98. The molecular formula is C8H7BrN2O. The molecular weight excluding hydrogens is 220 g/mol. The maximum absolute atomic E-state index is 5.43. The van der Waals surface area contributed by atoms with E-state index in [0.29, 0.717) is 12.3 Å². The second-order valence-corrected chi connectivity index (χ2v) is 3.30. The first-order valence-corrected chi connectivity index (χ1v) is 4.33. The van der Waals surface area contributed by atoms with Gasteiger partial charge in [-0.3, -0.25) is 0 Å². The molecule has 2 heterocycles. The lowest BCUT2D eigenvalue weighted by atomic mass is 10.3. The summed E-state index contributed by atoms with van der Waals surface area (Å²) in [5, 5.41) is 0.979. The summed E-state index contributed by atoms with van der Waals surface area (Å²) >= 11 is 3.35. The fourth-order valence-electron chi connectivity index (χ4n) is 1.04. The molecule has 0 fully saturated rings. The van der Waals surface area contributed by atoms with Gasteiger partial charge in [0.05, 0.1) is 15.6 Å². The Hall–Kier alpha value is -0.870. The number of aromatic nitrogens is 1. The lowest BCUT2D eigenvalue weighted by molar-refractivity contribution is 0.599. The van der Waals surface area contributed by atoms with Gasteiger partial charge in [-0.25, -0.2) is 4.98 Å². The van der Waals surface area contributed by atoms with E-state index in [4.69, 9.17) is 10.2 Å². The van der Waals surface area contributed by atoms with Crippen molar-refractivity contribution in [2.45, 2.75) is 6.54 Å². The van der Waals surface area contributed by atoms with Gasteiger partial charge >= 0.3 is 0 Å². The quantitative estimate of drug-likeness (QED) is 0.810. The third-order valence-corrected chi connectivity index (χ3v) is 2.27. The predicted octanol–water partition coefficient (Wildman–Crippen LogP) is 2.05. The van der Waals surface area contributed by atoms with Gasteiger partial charge in [0.2, 0.25) is 5.71 Å². The summed E-state index contributed by atoms with van der Waals surface area (Å²) in [6.07, 6.45) is 1.62. The van der Waals surface area contributed by atoms with E-state index < -0.39 is 0 Å². The molecule has 2 N–H and O–H groups in total. The molecule has 3 nitrogen and oxygen atoms in total. The minimum absolute atomic E-state index is 0.439. The molecule has 0 amide bonds. The van der Waals surface area contributed by atoms with Gasteiger partial charge in [-0.05, 0) is 28.1 Å². The zero-order chi connectivity index (χ0) is 8.55. The van der Waals surface area contributed by atoms with Crippen molar-refractivity contribution in [2.75, 3.05) is 0 Å². The molecule has 0 radical (unpaired) electrons. The van der Waals surface area contributed by atoms with Crippen molar-refractivity contribution in [1.82, 2.24) is 4.98 Å². The summed E-state index contributed by atoms with van der Waals surface area (Å²) in [4.78, 5) is 4.19. The second-order valence-electron chi connectivity index (χ2n) is 2.44. The van der Waals surface area contributed by atoms with Gasteiger partial charge in [0.25, 0.3) is 0 Å². The van der Waals surface area contributed by atoms with Gasteiger partial charge in [0, 0.05) is 6.54 Å². The Labute approximate surface area is 77.7 Å². The summed E-state index contributed by atoms with van der Waals surface area (Å²) in [5.74, 6) is 0. The standard InChI is InChI=1S/C8H7BrN2O/c9-7-4-12-8-6(7)2-1-5(3-10)11-8/h1-2,4H,3,10H2. The molecule has 0 aliphatic heterocycles. The second kappa shape index (κ2) is 2.88. The highest BCUT2D eigenvalue weighted by Crippen LogP contribution is 2.24. The average molecular weight is 227 g/mol. The number of rotatable bonds is 1. The Morgan fingerprint density at radius 2 is 2.33 bits per heavy atom. The van der Waals surface area contributed by atoms with Crippen LogP contribution >= 0.6 is 15.9 Å². The number of furan rings is 1. The molecule has 2 aromatic heterocycles. The van der Waals surface area contributed by atoms with Crippen molar-refractivity contribution >= 4 is 27.0 Å². The first-order chi connectivity index (χ1) is 5.81. The highest BCUT2D eigenvalue weighted by atomic mass is 79.9. The van der Waals surface area contributed by atoms with Crippen LogP contribution in [0.3, 0.4) is 0 Å². The molecule has 0 unspecified atom stereocenters. The fourth-order valence-corrected chi connectivity index (χ4v) is 1.43. The monoisotopic (exact) mass is 226 g/mol. The predicted molar refractivity (Wildman–Crippen MR) is 49.6 cm³/mol. The van der Waals surface area contributed by atoms with Crippen molar-refractivity contribution < 1.29 is 4.42 Å². The largest absolute Gasteiger partial charge is 0.445 e. The Kier molecular flexibility index (Phi) is 1.86. The van der Waals surface area contributed by atoms with Crippen LogP contribution in [0, 0.1) is 0 Å². The zero-order valence-corrected chi connectivity index (χ0v) is 7.84. The molecule has 0 aliphatic carbocycles. The van der Waals surface area contributed by atoms with Crippen LogP contribution < -0.4 is 5.73 Å². The van der Waals surface area contributed by atoms with Gasteiger partial charge in [0.1, 0.15) is 6.26 Å². The number of halogens is 1. The third-order valence-electron chi connectivity index (χ3n) is 1.66. The van der Waals surface area contributed by atoms with Crippen molar-refractivity contribution in [1.29, 1.82) is 0 Å². The summed E-state index contributed by atoms with van der Waals surface area (Å²) < 4.78 is 6.10. The van der Waals surface area contributed by atoms with Crippen LogP contribution in [0.25, 0.3) is 11.1 Å². The van der Waals surface area contributed by atoms with Crippen LogP contribution in [0.4, 0.5) is 0 Å². The van der Waals surface area contributed by atoms with Crippen molar-refractivity contribution in [3.63, 3.8) is 0 Å². The number of hydrogen-bond donors (Lipinski definition) is 1. The number of fused-ring (bicyclic) bond motifs is 1. The highest BCUT2D eigenvalue weighted by Gasteiger charge is 2.03. The fraction of sp³-hybridized carbons (Fsp3) is 0.125. The van der Waals surface area contributed by atoms with Crippen LogP contribution in [0.2, 0.25) is 0 Å². The van der Waals surface area contributed by atoms with Crippen LogP contribution in [-0.4, -0.2) is 4.98 Å². The van der Waals surface area contributed by atoms with E-state index in [-0.39, 0.29) is 0 Å². The van der Waals surface area contributed by atoms with Gasteiger partial charge in [0.15, 0.2) is 0 Å². The molecule has 2 aromatic rings. The van der Waals surface area contributed by atoms with Gasteiger partial charge < -0.3 is 10.2 Å². The SMILES string of the molecule is NCc1ccc2c(Br)coc2n1. The molecule has 0 atom stereocenters. The smallest absolute Gasteiger partial charge is 0.227 e. The van der Waals surface area contributed by atoms with Crippen LogP contribution in [0.15, 0.2) is 27.3 Å². The van der Waals surface area contributed by atoms with Gasteiger partial charge in [-0.15, -0.1) is 0 Å². The first-order valence-electron chi connectivity index (χ1n) is 3.54. The van der Waals surface area contributed by atoms with Crippen molar-refractivity contribution in [2.24, 2.45) is 5.73 Å². The molecule has 0 bridgehead atoms. The number of pyridine rings is 1. The molecule has 12 heavy (non-hydrogen) atoms. The summed E-state index contributed by atoms with van der Waals surface area (Å²) in [6, 6.07) is 3.83. The molecule has 0 saturated carbocycles. The Morgan fingerprint density at radius 1 is 1.50 bits per heavy atom. The van der Waals surface area contributed by atoms with E-state index in [0.717, 1.165) is 15.6 Å². The number of nitrogens with zero attached hydrogens (tertiary/aromatic N) is 1. The third kappa shape index (κ3) is 1.13. The van der Waals surface area contributed by atoms with Crippen LogP contribution in [0.5, 0.6) is 0 Å². The lowest BCUT2D eigenvalue weighted by Gasteiger charge is -1.93. The molecule has 0 aromatic carbocycles. The number of nitrogens with two attached hydrogens (primary N) is 1. The molecule has 62 valence electrons. The van der Waals surface area contributed by atoms with E-state index in [2.05, 4.69) is 20.9 Å². The van der Waals surface area contributed by atoms with Gasteiger partial charge in [-0.2, -0.15) is 0 Å². The highest BCUT2D eigenvalue weighted by molar-refractivity contribution is 9.10. The maximum Gasteiger partial charge on any atom is 0.227 e. The van der Waals surface area contributed by atoms with E-state index >= 15 is 0 Å². The van der Waals surface area contributed by atoms with E-state index in [9.17, 15) is 0 Å². The Balaban J connectivity index is 2.69. The molecule has 0 spiro atoms. The Bertz CT molecular complexity index is 410. The molecule has 4 heteroatoms. The minimum Gasteiger partial charge on any atom is -0.445 e. The Morgan fingerprint density at radius 3 is 3.08 bits per heavy atom. The molecule has 2 rings (SSSR count). The first kappa shape index (κ1) is 7.76. The molecule has 0 saturated heterocycles. The van der Waals surface area contributed by atoms with Crippen LogP contribution in [-0.2, 0) is 6.54 Å². The van der Waals surface area contributed by atoms with E-state index in [1.807, 2.05) is 12.1 Å². The van der Waals surface area contributed by atoms with Crippen molar-refractivity contribution in [3.05, 3.63) is 28.6 Å².